The molecule has 3 heterocycles. The van der Waals surface area contributed by atoms with Gasteiger partial charge in [-0.15, -0.1) is 0 Å². The third kappa shape index (κ3) is 3.81. The zero-order valence-corrected chi connectivity index (χ0v) is 16.1. The molecule has 0 unspecified atom stereocenters. The number of aromatic nitrogens is 5. The van der Waals surface area contributed by atoms with Crippen LogP contribution >= 0.6 is 0 Å². The van der Waals surface area contributed by atoms with Gasteiger partial charge in [-0.3, -0.25) is 14.9 Å². The second kappa shape index (κ2) is 8.11. The van der Waals surface area contributed by atoms with Crippen LogP contribution < -0.4 is 10.6 Å². The number of anilines is 2. The number of para-hydroxylation sites is 1. The topological polar surface area (TPSA) is 102 Å². The van der Waals surface area contributed by atoms with Gasteiger partial charge in [0.05, 0.1) is 23.8 Å². The smallest absolute Gasteiger partial charge is 0.347 e. The maximum absolute atomic E-state index is 11.8. The Balaban J connectivity index is 1.69. The normalized spacial score (nSPS) is 11.0. The van der Waals surface area contributed by atoms with Crippen LogP contribution in [0.2, 0.25) is 0 Å². The molecule has 0 spiro atoms. The van der Waals surface area contributed by atoms with E-state index in [1.54, 1.807) is 24.7 Å². The lowest BCUT2D eigenvalue weighted by atomic mass is 10.2. The van der Waals surface area contributed by atoms with Crippen LogP contribution in [-0.2, 0) is 4.74 Å². The van der Waals surface area contributed by atoms with Crippen molar-refractivity contribution in [3.8, 4) is 17.0 Å². The number of pyridine rings is 1. The third-order valence-electron chi connectivity index (χ3n) is 4.36. The zero-order valence-electron chi connectivity index (χ0n) is 16.1. The van der Waals surface area contributed by atoms with Crippen molar-refractivity contribution in [2.45, 2.75) is 13.8 Å². The second-order valence-electron chi connectivity index (χ2n) is 6.28. The summed E-state index contributed by atoms with van der Waals surface area (Å²) in [6, 6.07) is 10.1. The molecule has 1 aromatic carbocycles. The summed E-state index contributed by atoms with van der Waals surface area (Å²) in [5, 5.41) is 3.97. The van der Waals surface area contributed by atoms with E-state index in [0.29, 0.717) is 36.4 Å². The standard InChI is InChI=1S/C20H20N6O3/c1-3-28-13-25(17-7-5-4-6-14(17)2)20-22-11-18(29-20)15-8-16(10-21-9-15)26-19(27)23-12-24-26/h4-12H,3,13H2,1-2H3,(H,23,24,27). The predicted molar refractivity (Wildman–Crippen MR) is 107 cm³/mol. The first-order valence-electron chi connectivity index (χ1n) is 9.12. The molecule has 0 bridgehead atoms. The lowest BCUT2D eigenvalue weighted by Crippen LogP contribution is -2.21. The van der Waals surface area contributed by atoms with Crippen molar-refractivity contribution in [2.75, 3.05) is 18.2 Å². The van der Waals surface area contributed by atoms with Gasteiger partial charge in [0, 0.05) is 18.4 Å². The maximum atomic E-state index is 11.8. The lowest BCUT2D eigenvalue weighted by molar-refractivity contribution is 0.151. The SMILES string of the molecule is CCOCN(c1ncc(-c2cncc(-n3nc[nH]c3=O)c2)o1)c1ccccc1C. The third-order valence-corrected chi connectivity index (χ3v) is 4.36. The summed E-state index contributed by atoms with van der Waals surface area (Å²) in [6.07, 6.45) is 6.15. The number of ether oxygens (including phenoxy) is 1. The molecular weight excluding hydrogens is 372 g/mol. The molecule has 3 aromatic heterocycles. The minimum Gasteiger partial charge on any atom is -0.423 e. The number of aryl methyl sites for hydroxylation is 1. The van der Waals surface area contributed by atoms with Crippen molar-refractivity contribution in [3.63, 3.8) is 0 Å². The van der Waals surface area contributed by atoms with Gasteiger partial charge in [0.25, 0.3) is 0 Å². The van der Waals surface area contributed by atoms with Crippen molar-refractivity contribution in [1.82, 2.24) is 24.7 Å². The van der Waals surface area contributed by atoms with Crippen molar-refractivity contribution >= 4 is 11.7 Å². The van der Waals surface area contributed by atoms with Crippen molar-refractivity contribution in [1.29, 1.82) is 0 Å². The van der Waals surface area contributed by atoms with Gasteiger partial charge in [-0.1, -0.05) is 18.2 Å². The summed E-state index contributed by atoms with van der Waals surface area (Å²) in [7, 11) is 0. The van der Waals surface area contributed by atoms with Gasteiger partial charge in [0.15, 0.2) is 5.76 Å². The van der Waals surface area contributed by atoms with Gasteiger partial charge >= 0.3 is 11.7 Å². The molecule has 1 N–H and O–H groups in total. The van der Waals surface area contributed by atoms with Crippen molar-refractivity contribution in [2.24, 2.45) is 0 Å². The monoisotopic (exact) mass is 392 g/mol. The van der Waals surface area contributed by atoms with E-state index in [4.69, 9.17) is 9.15 Å². The summed E-state index contributed by atoms with van der Waals surface area (Å²) in [6.45, 7) is 4.83. The Bertz CT molecular complexity index is 1160. The number of hydrogen-bond acceptors (Lipinski definition) is 7. The van der Waals surface area contributed by atoms with Gasteiger partial charge in [-0.2, -0.15) is 9.78 Å². The molecule has 0 atom stereocenters. The van der Waals surface area contributed by atoms with Crippen LogP contribution in [0, 0.1) is 6.92 Å². The Hall–Kier alpha value is -3.72. The van der Waals surface area contributed by atoms with E-state index in [2.05, 4.69) is 20.1 Å². The molecule has 4 aromatic rings. The number of nitrogens with one attached hydrogen (secondary N) is 1. The van der Waals surface area contributed by atoms with E-state index in [9.17, 15) is 4.79 Å². The molecule has 0 aliphatic carbocycles. The highest BCUT2D eigenvalue weighted by Crippen LogP contribution is 2.31. The van der Waals surface area contributed by atoms with Crippen LogP contribution in [0.5, 0.6) is 0 Å². The summed E-state index contributed by atoms with van der Waals surface area (Å²) < 4.78 is 12.9. The summed E-state index contributed by atoms with van der Waals surface area (Å²) >= 11 is 0. The molecular formula is C20H20N6O3. The summed E-state index contributed by atoms with van der Waals surface area (Å²) in [4.78, 5) is 24.8. The molecule has 0 aliphatic heterocycles. The van der Waals surface area contributed by atoms with Gasteiger partial charge in [-0.05, 0) is 31.5 Å². The van der Waals surface area contributed by atoms with E-state index in [0.717, 1.165) is 11.3 Å². The van der Waals surface area contributed by atoms with Gasteiger partial charge < -0.3 is 9.15 Å². The molecule has 4 rings (SSSR count). The number of rotatable bonds is 7. The Morgan fingerprint density at radius 2 is 2.10 bits per heavy atom. The van der Waals surface area contributed by atoms with Crippen molar-refractivity contribution in [3.05, 3.63) is 71.3 Å². The second-order valence-corrected chi connectivity index (χ2v) is 6.28. The minimum absolute atomic E-state index is 0.308. The van der Waals surface area contributed by atoms with Crippen LogP contribution in [-0.4, -0.2) is 38.1 Å². The summed E-state index contributed by atoms with van der Waals surface area (Å²) in [5.74, 6) is 0.521. The van der Waals surface area contributed by atoms with E-state index in [-0.39, 0.29) is 5.69 Å². The average Bonchev–Trinajstić information content (AvgIpc) is 3.39. The molecule has 9 heteroatoms. The fourth-order valence-corrected chi connectivity index (χ4v) is 2.92. The molecule has 148 valence electrons. The number of oxazole rings is 1. The van der Waals surface area contributed by atoms with E-state index in [1.165, 1.54) is 11.0 Å². The van der Waals surface area contributed by atoms with Gasteiger partial charge in [-0.25, -0.2) is 9.78 Å². The predicted octanol–water partition coefficient (Wildman–Crippen LogP) is 3.05. The van der Waals surface area contributed by atoms with Crippen LogP contribution in [0.3, 0.4) is 0 Å². The Kier molecular flexibility index (Phi) is 5.21. The van der Waals surface area contributed by atoms with E-state index < -0.39 is 0 Å². The highest BCUT2D eigenvalue weighted by Gasteiger charge is 2.18. The Labute approximate surface area is 166 Å². The first-order valence-corrected chi connectivity index (χ1v) is 9.12. The highest BCUT2D eigenvalue weighted by molar-refractivity contribution is 5.64. The molecule has 0 fully saturated rings. The van der Waals surface area contributed by atoms with Gasteiger partial charge in [0.2, 0.25) is 0 Å². The summed E-state index contributed by atoms with van der Waals surface area (Å²) in [5.41, 5.74) is 2.89. The first kappa shape index (κ1) is 18.6. The largest absolute Gasteiger partial charge is 0.423 e. The van der Waals surface area contributed by atoms with Crippen LogP contribution in [0.25, 0.3) is 17.0 Å². The van der Waals surface area contributed by atoms with E-state index >= 15 is 0 Å². The zero-order chi connectivity index (χ0) is 20.2. The molecule has 29 heavy (non-hydrogen) atoms. The lowest BCUT2D eigenvalue weighted by Gasteiger charge is -2.22. The van der Waals surface area contributed by atoms with Crippen LogP contribution in [0.1, 0.15) is 12.5 Å². The number of nitrogens with zero attached hydrogens (tertiary/aromatic N) is 5. The fraction of sp³-hybridized carbons (Fsp3) is 0.200. The van der Waals surface area contributed by atoms with Crippen LogP contribution in [0.15, 0.2) is 64.5 Å². The van der Waals surface area contributed by atoms with Gasteiger partial charge in [0.1, 0.15) is 13.1 Å². The number of aromatic amines is 1. The molecule has 0 saturated carbocycles. The highest BCUT2D eigenvalue weighted by atomic mass is 16.5. The average molecular weight is 392 g/mol. The number of H-pyrrole nitrogens is 1. The maximum Gasteiger partial charge on any atom is 0.347 e. The fourth-order valence-electron chi connectivity index (χ4n) is 2.92. The number of benzene rings is 1. The Morgan fingerprint density at radius 3 is 2.86 bits per heavy atom. The van der Waals surface area contributed by atoms with Crippen LogP contribution in [0.4, 0.5) is 11.7 Å². The number of hydrogen-bond donors (Lipinski definition) is 1. The molecule has 9 nitrogen and oxygen atoms in total. The minimum atomic E-state index is -0.343. The first-order chi connectivity index (χ1) is 14.2. The Morgan fingerprint density at radius 1 is 1.24 bits per heavy atom. The molecule has 0 radical (unpaired) electrons. The molecule has 0 amide bonds. The molecule has 0 saturated heterocycles. The van der Waals surface area contributed by atoms with E-state index in [1.807, 2.05) is 43.0 Å². The quantitative estimate of drug-likeness (QED) is 0.482. The molecule has 0 aliphatic rings. The van der Waals surface area contributed by atoms with Crippen molar-refractivity contribution < 1.29 is 9.15 Å².